The van der Waals surface area contributed by atoms with Crippen molar-refractivity contribution in [2.45, 2.75) is 70.9 Å². The van der Waals surface area contributed by atoms with Gasteiger partial charge in [-0.1, -0.05) is 54.4 Å². The molecule has 2 aromatic carbocycles. The number of likely N-dealkylation sites (tertiary alicyclic amines) is 1. The highest BCUT2D eigenvalue weighted by Crippen LogP contribution is 2.34. The lowest BCUT2D eigenvalue weighted by atomic mass is 9.89. The number of quaternary nitrogens is 1. The SMILES string of the molecule is CCC1=C[NH+]2C(Cc3ccccc3Cl)=CN(Nc3ccc(C4CCN(C(=O)OC(C)(C)C)CC4)cc3Cl)C(C(N)=O)C2=N1. The van der Waals surface area contributed by atoms with Crippen molar-refractivity contribution >= 4 is 46.7 Å². The highest BCUT2D eigenvalue weighted by molar-refractivity contribution is 6.33. The number of rotatable bonds is 7. The molecule has 3 aliphatic heterocycles. The van der Waals surface area contributed by atoms with Gasteiger partial charge in [0, 0.05) is 18.1 Å². The van der Waals surface area contributed by atoms with Crippen molar-refractivity contribution < 1.29 is 19.2 Å². The minimum atomic E-state index is -0.821. The van der Waals surface area contributed by atoms with Crippen LogP contribution in [-0.2, 0) is 16.0 Å². The van der Waals surface area contributed by atoms with Crippen LogP contribution < -0.4 is 16.1 Å². The van der Waals surface area contributed by atoms with Crippen LogP contribution in [0.4, 0.5) is 10.5 Å². The average molecular weight is 627 g/mol. The number of carbonyl (C=O) groups excluding carboxylic acids is 2. The van der Waals surface area contributed by atoms with Crippen molar-refractivity contribution in [1.82, 2.24) is 9.91 Å². The maximum atomic E-state index is 12.8. The predicted octanol–water partition coefficient (Wildman–Crippen LogP) is 5.24. The number of primary amides is 1. The van der Waals surface area contributed by atoms with Crippen LogP contribution in [0.3, 0.4) is 0 Å². The summed E-state index contributed by atoms with van der Waals surface area (Å²) in [4.78, 5) is 32.7. The predicted molar refractivity (Wildman–Crippen MR) is 170 cm³/mol. The fourth-order valence-electron chi connectivity index (χ4n) is 5.67. The van der Waals surface area contributed by atoms with Gasteiger partial charge in [0.05, 0.1) is 29.0 Å². The summed E-state index contributed by atoms with van der Waals surface area (Å²) in [7, 11) is 0. The number of piperidine rings is 1. The molecule has 2 amide bonds. The molecule has 5 rings (SSSR count). The van der Waals surface area contributed by atoms with Gasteiger partial charge >= 0.3 is 6.09 Å². The van der Waals surface area contributed by atoms with Crippen LogP contribution >= 0.6 is 23.2 Å². The minimum absolute atomic E-state index is 0.268. The maximum absolute atomic E-state index is 12.8. The Kier molecular flexibility index (Phi) is 9.06. The van der Waals surface area contributed by atoms with E-state index in [2.05, 4.69) is 5.43 Å². The Hall–Kier alpha value is -3.53. The molecule has 228 valence electrons. The third-order valence-electron chi connectivity index (χ3n) is 7.86. The lowest BCUT2D eigenvalue weighted by Crippen LogP contribution is -3.11. The van der Waals surface area contributed by atoms with E-state index in [0.29, 0.717) is 41.1 Å². The van der Waals surface area contributed by atoms with Gasteiger partial charge in [0.25, 0.3) is 5.91 Å². The van der Waals surface area contributed by atoms with Crippen molar-refractivity contribution in [3.63, 3.8) is 0 Å². The van der Waals surface area contributed by atoms with Crippen molar-refractivity contribution in [3.8, 4) is 0 Å². The van der Waals surface area contributed by atoms with Crippen LogP contribution in [-0.4, -0.2) is 52.5 Å². The molecule has 1 fully saturated rings. The largest absolute Gasteiger partial charge is 0.444 e. The third-order valence-corrected chi connectivity index (χ3v) is 8.54. The molecule has 0 aliphatic carbocycles. The Bertz CT molecular complexity index is 1490. The number of hydrogen-bond acceptors (Lipinski definition) is 6. The molecule has 0 aromatic heterocycles. The molecule has 1 saturated heterocycles. The van der Waals surface area contributed by atoms with E-state index in [0.717, 1.165) is 46.7 Å². The molecule has 2 aromatic rings. The van der Waals surface area contributed by atoms with Gasteiger partial charge in [-0.15, -0.1) is 0 Å². The highest BCUT2D eigenvalue weighted by atomic mass is 35.5. The first-order valence-corrected chi connectivity index (χ1v) is 15.4. The van der Waals surface area contributed by atoms with Crippen LogP contribution in [0.2, 0.25) is 10.0 Å². The summed E-state index contributed by atoms with van der Waals surface area (Å²) in [5.74, 6) is 0.363. The number of carbonyl (C=O) groups is 2. The van der Waals surface area contributed by atoms with E-state index in [-0.39, 0.29) is 12.0 Å². The van der Waals surface area contributed by atoms with E-state index < -0.39 is 17.6 Å². The lowest BCUT2D eigenvalue weighted by molar-refractivity contribution is -0.704. The molecule has 9 nitrogen and oxygen atoms in total. The van der Waals surface area contributed by atoms with Crippen LogP contribution in [0, 0.1) is 0 Å². The Morgan fingerprint density at radius 1 is 1.12 bits per heavy atom. The van der Waals surface area contributed by atoms with Gasteiger partial charge < -0.3 is 15.4 Å². The molecule has 4 N–H and O–H groups in total. The number of hydrazine groups is 1. The van der Waals surface area contributed by atoms with Gasteiger partial charge in [0.2, 0.25) is 11.9 Å². The van der Waals surface area contributed by atoms with E-state index in [1.54, 1.807) is 9.91 Å². The highest BCUT2D eigenvalue weighted by Gasteiger charge is 2.44. The first kappa shape index (κ1) is 30.9. The number of amidine groups is 1. The number of nitrogens with zero attached hydrogens (tertiary/aromatic N) is 3. The molecule has 0 bridgehead atoms. The second-order valence-corrected chi connectivity index (χ2v) is 12.9. The summed E-state index contributed by atoms with van der Waals surface area (Å²) in [5, 5.41) is 2.89. The molecule has 43 heavy (non-hydrogen) atoms. The van der Waals surface area contributed by atoms with E-state index >= 15 is 0 Å². The van der Waals surface area contributed by atoms with Crippen LogP contribution in [0.5, 0.6) is 0 Å². The van der Waals surface area contributed by atoms with Gasteiger partial charge in [-0.25, -0.2) is 9.69 Å². The molecular formula is C32H39Cl2N6O3+. The Labute approximate surface area is 262 Å². The number of ether oxygens (including phenoxy) is 1. The number of nitrogens with one attached hydrogen (secondary N) is 2. The van der Waals surface area contributed by atoms with Crippen LogP contribution in [0.25, 0.3) is 0 Å². The average Bonchev–Trinajstić information content (AvgIpc) is 3.39. The molecule has 0 spiro atoms. The van der Waals surface area contributed by atoms with Gasteiger partial charge in [-0.2, -0.15) is 4.99 Å². The van der Waals surface area contributed by atoms with Gasteiger partial charge in [0.1, 0.15) is 17.5 Å². The Morgan fingerprint density at radius 3 is 2.47 bits per heavy atom. The van der Waals surface area contributed by atoms with Gasteiger partial charge in [0.15, 0.2) is 0 Å². The van der Waals surface area contributed by atoms with E-state index in [4.69, 9.17) is 38.7 Å². The topological polar surface area (TPSA) is 105 Å². The first-order valence-electron chi connectivity index (χ1n) is 14.7. The van der Waals surface area contributed by atoms with Crippen molar-refractivity contribution in [3.05, 3.63) is 87.4 Å². The summed E-state index contributed by atoms with van der Waals surface area (Å²) in [6.45, 7) is 8.90. The molecule has 2 unspecified atom stereocenters. The second-order valence-electron chi connectivity index (χ2n) is 12.1. The molecule has 0 radical (unpaired) electrons. The minimum Gasteiger partial charge on any atom is -0.444 e. The van der Waals surface area contributed by atoms with Crippen molar-refractivity contribution in [2.24, 2.45) is 10.7 Å². The number of halogens is 2. The Balaban J connectivity index is 1.36. The number of fused-ring (bicyclic) bond motifs is 1. The zero-order valence-corrected chi connectivity index (χ0v) is 26.5. The van der Waals surface area contributed by atoms with Crippen LogP contribution in [0.15, 0.2) is 71.3 Å². The lowest BCUT2D eigenvalue weighted by Gasteiger charge is -2.35. The van der Waals surface area contributed by atoms with Gasteiger partial charge in [-0.05, 0) is 75.3 Å². The monoisotopic (exact) mass is 625 g/mol. The molecular weight excluding hydrogens is 587 g/mol. The standard InChI is InChI=1S/C32H38Cl2N6O3/c1-5-23-18-39-24(16-22-8-6-7-9-25(22)33)19-40(28(29(35)41)30(39)36-23)37-27-11-10-21(17-26(27)34)20-12-14-38(15-13-20)31(42)43-32(2,3)4/h6-11,17-20,28,37H,5,12-16H2,1-4H3,(H2,35,41)/p+1. The number of anilines is 1. The zero-order chi connectivity index (χ0) is 30.9. The molecule has 0 saturated carbocycles. The second kappa shape index (κ2) is 12.6. The van der Waals surface area contributed by atoms with E-state index in [1.807, 2.05) is 82.6 Å². The number of aliphatic imine (C=N–C) groups is 1. The number of nitrogens with two attached hydrogens (primary N) is 1. The molecule has 3 heterocycles. The summed E-state index contributed by atoms with van der Waals surface area (Å²) in [6, 6.07) is 12.8. The maximum Gasteiger partial charge on any atom is 0.410 e. The first-order chi connectivity index (χ1) is 20.4. The third kappa shape index (κ3) is 7.00. The van der Waals surface area contributed by atoms with Crippen molar-refractivity contribution in [2.75, 3.05) is 18.5 Å². The molecule has 3 aliphatic rings. The Morgan fingerprint density at radius 2 is 1.84 bits per heavy atom. The quantitative estimate of drug-likeness (QED) is 0.390. The number of benzene rings is 2. The normalized spacial score (nSPS) is 20.7. The van der Waals surface area contributed by atoms with Gasteiger partial charge in [-0.3, -0.25) is 15.2 Å². The summed E-state index contributed by atoms with van der Waals surface area (Å²) < 4.78 is 5.53. The number of allylic oxidation sites excluding steroid dienone is 2. The fraction of sp³-hybridized carbons (Fsp3) is 0.406. The summed E-state index contributed by atoms with van der Waals surface area (Å²) >= 11 is 13.3. The van der Waals surface area contributed by atoms with E-state index in [1.165, 1.54) is 0 Å². The smallest absolute Gasteiger partial charge is 0.410 e. The van der Waals surface area contributed by atoms with E-state index in [9.17, 15) is 9.59 Å². The summed E-state index contributed by atoms with van der Waals surface area (Å²) in [6.07, 6.45) is 6.58. The fourth-order valence-corrected chi connectivity index (χ4v) is 6.11. The number of amides is 2. The zero-order valence-electron chi connectivity index (χ0n) is 25.0. The number of hydrogen-bond donors (Lipinski definition) is 3. The summed E-state index contributed by atoms with van der Waals surface area (Å²) in [5.41, 5.74) is 13.3. The van der Waals surface area contributed by atoms with Crippen LogP contribution in [0.1, 0.15) is 64.0 Å². The molecule has 2 atom stereocenters. The van der Waals surface area contributed by atoms with Crippen molar-refractivity contribution in [1.29, 1.82) is 0 Å². The molecule has 11 heteroatoms.